The van der Waals surface area contributed by atoms with Gasteiger partial charge in [-0.25, -0.2) is 14.7 Å². The standard InChI is InChI=1S/C5H12N2O4S.C5H11NO/c1-5(2,3)11-4(8)7-12(6,9)10;1-6-2-4-7-5-3-6/h1-3H3,(H,7,8)(H2,6,9,10);2-5H2,1H3. The number of ether oxygens (including phenoxy) is 2. The van der Waals surface area contributed by atoms with Gasteiger partial charge >= 0.3 is 16.3 Å². The number of hydrogen-bond acceptors (Lipinski definition) is 6. The molecule has 114 valence electrons. The van der Waals surface area contributed by atoms with Crippen LogP contribution in [0.15, 0.2) is 0 Å². The Labute approximate surface area is 114 Å². The molecule has 19 heavy (non-hydrogen) atoms. The van der Waals surface area contributed by atoms with Crippen molar-refractivity contribution in [2.75, 3.05) is 33.4 Å². The van der Waals surface area contributed by atoms with E-state index in [-0.39, 0.29) is 0 Å². The Hall–Kier alpha value is -0.900. The van der Waals surface area contributed by atoms with E-state index < -0.39 is 21.9 Å². The number of nitrogens with zero attached hydrogens (tertiary/aromatic N) is 1. The Morgan fingerprint density at radius 1 is 1.32 bits per heavy atom. The van der Waals surface area contributed by atoms with Crippen molar-refractivity contribution in [3.8, 4) is 0 Å². The number of carbonyl (C=O) groups is 1. The number of rotatable bonds is 1. The molecule has 1 saturated heterocycles. The van der Waals surface area contributed by atoms with Crippen molar-refractivity contribution in [1.29, 1.82) is 0 Å². The molecule has 1 aliphatic rings. The summed E-state index contributed by atoms with van der Waals surface area (Å²) in [5, 5.41) is 4.52. The lowest BCUT2D eigenvalue weighted by molar-refractivity contribution is 0.0503. The molecule has 3 N–H and O–H groups in total. The first kappa shape index (κ1) is 18.1. The van der Waals surface area contributed by atoms with Crippen LogP contribution in [0.3, 0.4) is 0 Å². The summed E-state index contributed by atoms with van der Waals surface area (Å²) in [6.45, 7) is 8.84. The molecule has 0 aliphatic carbocycles. The molecule has 0 aromatic heterocycles. The zero-order valence-corrected chi connectivity index (χ0v) is 12.6. The quantitative estimate of drug-likeness (QED) is 0.685. The highest BCUT2D eigenvalue weighted by atomic mass is 32.2. The number of morpholine rings is 1. The maximum Gasteiger partial charge on any atom is 0.422 e. The van der Waals surface area contributed by atoms with Gasteiger partial charge in [0.2, 0.25) is 0 Å². The highest BCUT2D eigenvalue weighted by Crippen LogP contribution is 2.06. The number of amides is 1. The van der Waals surface area contributed by atoms with Crippen LogP contribution in [0.4, 0.5) is 4.79 Å². The van der Waals surface area contributed by atoms with E-state index in [0.717, 1.165) is 26.3 Å². The van der Waals surface area contributed by atoms with Gasteiger partial charge in [0.1, 0.15) is 5.60 Å². The first-order chi connectivity index (χ1) is 8.49. The van der Waals surface area contributed by atoms with Crippen LogP contribution >= 0.6 is 0 Å². The van der Waals surface area contributed by atoms with E-state index in [2.05, 4.69) is 21.8 Å². The van der Waals surface area contributed by atoms with Crippen LogP contribution in [0.25, 0.3) is 0 Å². The van der Waals surface area contributed by atoms with E-state index in [9.17, 15) is 13.2 Å². The summed E-state index contributed by atoms with van der Waals surface area (Å²) in [6.07, 6.45) is -1.08. The Morgan fingerprint density at radius 2 is 1.79 bits per heavy atom. The molecular formula is C10H23N3O5S. The molecule has 1 amide bonds. The van der Waals surface area contributed by atoms with Gasteiger partial charge in [-0.2, -0.15) is 8.42 Å². The van der Waals surface area contributed by atoms with E-state index in [0.29, 0.717) is 0 Å². The Morgan fingerprint density at radius 3 is 2.05 bits per heavy atom. The number of carbonyl (C=O) groups excluding carboxylic acids is 1. The first-order valence-corrected chi connectivity index (χ1v) is 7.34. The number of hydrogen-bond donors (Lipinski definition) is 2. The van der Waals surface area contributed by atoms with Crippen molar-refractivity contribution >= 4 is 16.3 Å². The average Bonchev–Trinajstić information content (AvgIpc) is 2.13. The zero-order valence-electron chi connectivity index (χ0n) is 11.8. The molecule has 0 aromatic rings. The van der Waals surface area contributed by atoms with Gasteiger partial charge in [0.15, 0.2) is 0 Å². The second kappa shape index (κ2) is 7.63. The summed E-state index contributed by atoms with van der Waals surface area (Å²) in [4.78, 5) is 12.9. The van der Waals surface area contributed by atoms with Crippen LogP contribution in [0.2, 0.25) is 0 Å². The summed E-state index contributed by atoms with van der Waals surface area (Å²) in [5.74, 6) is 0. The smallest absolute Gasteiger partial charge is 0.422 e. The van der Waals surface area contributed by atoms with Crippen molar-refractivity contribution in [1.82, 2.24) is 9.62 Å². The molecule has 0 unspecified atom stereocenters. The lowest BCUT2D eigenvalue weighted by Crippen LogP contribution is -2.39. The topological polar surface area (TPSA) is 111 Å². The maximum absolute atomic E-state index is 10.7. The molecule has 0 saturated carbocycles. The van der Waals surface area contributed by atoms with Crippen LogP contribution in [-0.2, 0) is 19.7 Å². The minimum absolute atomic E-state index is 0.741. The number of nitrogens with one attached hydrogen (secondary N) is 1. The predicted molar refractivity (Wildman–Crippen MR) is 70.8 cm³/mol. The fourth-order valence-electron chi connectivity index (χ4n) is 1.07. The molecular weight excluding hydrogens is 274 g/mol. The lowest BCUT2D eigenvalue weighted by atomic mass is 10.2. The van der Waals surface area contributed by atoms with Crippen molar-refractivity contribution < 1.29 is 22.7 Å². The van der Waals surface area contributed by atoms with E-state index in [1.54, 1.807) is 20.8 Å². The Kier molecular flexibility index (Phi) is 7.27. The maximum atomic E-state index is 10.7. The van der Waals surface area contributed by atoms with Crippen LogP contribution in [0.1, 0.15) is 20.8 Å². The molecule has 8 nitrogen and oxygen atoms in total. The second-order valence-corrected chi connectivity index (χ2v) is 6.36. The van der Waals surface area contributed by atoms with Crippen LogP contribution in [0, 0.1) is 0 Å². The molecule has 1 heterocycles. The van der Waals surface area contributed by atoms with Gasteiger partial charge in [-0.05, 0) is 27.8 Å². The molecule has 9 heteroatoms. The van der Waals surface area contributed by atoms with Crippen molar-refractivity contribution in [3.63, 3.8) is 0 Å². The van der Waals surface area contributed by atoms with Crippen LogP contribution in [-0.4, -0.2) is 58.4 Å². The van der Waals surface area contributed by atoms with E-state index in [1.165, 1.54) is 4.72 Å². The highest BCUT2D eigenvalue weighted by molar-refractivity contribution is 7.87. The predicted octanol–water partition coefficient (Wildman–Crippen LogP) is -0.337. The highest BCUT2D eigenvalue weighted by Gasteiger charge is 2.18. The summed E-state index contributed by atoms with van der Waals surface area (Å²) < 4.78 is 31.8. The van der Waals surface area contributed by atoms with Crippen LogP contribution in [0.5, 0.6) is 0 Å². The summed E-state index contributed by atoms with van der Waals surface area (Å²) >= 11 is 0. The lowest BCUT2D eigenvalue weighted by Gasteiger charge is -2.21. The first-order valence-electron chi connectivity index (χ1n) is 5.79. The number of nitrogens with two attached hydrogens (primary N) is 1. The molecule has 1 aliphatic heterocycles. The minimum Gasteiger partial charge on any atom is -0.443 e. The van der Waals surface area contributed by atoms with Gasteiger partial charge in [-0.1, -0.05) is 0 Å². The zero-order chi connectivity index (χ0) is 15.1. The van der Waals surface area contributed by atoms with E-state index in [4.69, 9.17) is 4.74 Å². The summed E-state index contributed by atoms with van der Waals surface area (Å²) in [7, 11) is -1.91. The third-order valence-electron chi connectivity index (χ3n) is 1.86. The minimum atomic E-state index is -4.02. The van der Waals surface area contributed by atoms with Gasteiger partial charge in [0.25, 0.3) is 0 Å². The third-order valence-corrected chi connectivity index (χ3v) is 2.31. The fourth-order valence-corrected chi connectivity index (χ4v) is 1.34. The molecule has 0 spiro atoms. The molecule has 1 rings (SSSR count). The Bertz CT molecular complexity index is 371. The van der Waals surface area contributed by atoms with Gasteiger partial charge in [0.05, 0.1) is 13.2 Å². The third kappa shape index (κ3) is 13.3. The average molecular weight is 297 g/mol. The normalized spacial score (nSPS) is 17.1. The van der Waals surface area contributed by atoms with E-state index in [1.807, 2.05) is 0 Å². The molecule has 0 aromatic carbocycles. The van der Waals surface area contributed by atoms with Crippen LogP contribution < -0.4 is 9.86 Å². The molecule has 0 atom stereocenters. The number of likely N-dealkylation sites (N-methyl/N-ethyl adjacent to an activating group) is 1. The van der Waals surface area contributed by atoms with Crippen molar-refractivity contribution in [2.45, 2.75) is 26.4 Å². The molecule has 0 radical (unpaired) electrons. The fraction of sp³-hybridized carbons (Fsp3) is 0.900. The van der Waals surface area contributed by atoms with Gasteiger partial charge in [-0.15, -0.1) is 0 Å². The van der Waals surface area contributed by atoms with E-state index >= 15 is 0 Å². The largest absolute Gasteiger partial charge is 0.443 e. The van der Waals surface area contributed by atoms with Crippen molar-refractivity contribution in [2.24, 2.45) is 5.14 Å². The summed E-state index contributed by atoms with van der Waals surface area (Å²) in [6, 6.07) is 0. The van der Waals surface area contributed by atoms with Gasteiger partial charge in [0, 0.05) is 13.1 Å². The molecule has 0 bridgehead atoms. The molecule has 1 fully saturated rings. The second-order valence-electron chi connectivity index (χ2n) is 5.06. The van der Waals surface area contributed by atoms with Gasteiger partial charge in [-0.3, -0.25) is 0 Å². The monoisotopic (exact) mass is 297 g/mol. The van der Waals surface area contributed by atoms with Crippen molar-refractivity contribution in [3.05, 3.63) is 0 Å². The van der Waals surface area contributed by atoms with Gasteiger partial charge < -0.3 is 14.4 Å². The SMILES string of the molecule is CC(C)(C)OC(=O)NS(N)(=O)=O.CN1CCOCC1. The Balaban J connectivity index is 0.000000388. The summed E-state index contributed by atoms with van der Waals surface area (Å²) in [5.41, 5.74) is -0.741.